The summed E-state index contributed by atoms with van der Waals surface area (Å²) in [6.07, 6.45) is 0. The molecule has 0 radical (unpaired) electrons. The second-order valence-electron chi connectivity index (χ2n) is 4.72. The lowest BCUT2D eigenvalue weighted by molar-refractivity contribution is -0.275. The van der Waals surface area contributed by atoms with Crippen LogP contribution in [-0.4, -0.2) is 43.0 Å². The first kappa shape index (κ1) is 13.9. The van der Waals surface area contributed by atoms with E-state index in [1.807, 2.05) is 0 Å². The molecule has 0 atom stereocenters. The van der Waals surface area contributed by atoms with Gasteiger partial charge in [-0.1, -0.05) is 0 Å². The molecule has 6 nitrogen and oxygen atoms in total. The molecule has 1 rings (SSSR count). The Balaban J connectivity index is 2.67. The Morgan fingerprint density at radius 1 is 1.24 bits per heavy atom. The summed E-state index contributed by atoms with van der Waals surface area (Å²) in [6, 6.07) is 0. The quantitative estimate of drug-likeness (QED) is 0.719. The molecule has 17 heavy (non-hydrogen) atoms. The van der Waals surface area contributed by atoms with Crippen LogP contribution in [0.25, 0.3) is 0 Å². The highest BCUT2D eigenvalue weighted by Gasteiger charge is 2.41. The summed E-state index contributed by atoms with van der Waals surface area (Å²) in [5.41, 5.74) is -0.799. The van der Waals surface area contributed by atoms with Gasteiger partial charge in [-0.3, -0.25) is 9.59 Å². The molecule has 0 bridgehead atoms. The Labute approximate surface area is 101 Å². The van der Waals surface area contributed by atoms with Crippen molar-refractivity contribution >= 4 is 11.9 Å². The summed E-state index contributed by atoms with van der Waals surface area (Å²) in [5.74, 6) is -1.30. The molecule has 98 valence electrons. The number of hydrogen-bond acceptors (Lipinski definition) is 5. The average molecular weight is 245 g/mol. The van der Waals surface area contributed by atoms with E-state index >= 15 is 0 Å². The van der Waals surface area contributed by atoms with Gasteiger partial charge >= 0.3 is 5.97 Å². The van der Waals surface area contributed by atoms with Crippen LogP contribution in [0.4, 0.5) is 0 Å². The zero-order valence-corrected chi connectivity index (χ0v) is 10.7. The van der Waals surface area contributed by atoms with E-state index in [-0.39, 0.29) is 25.7 Å². The molecule has 1 saturated heterocycles. The van der Waals surface area contributed by atoms with Crippen LogP contribution in [0, 0.1) is 0 Å². The highest BCUT2D eigenvalue weighted by Crippen LogP contribution is 2.23. The molecule has 0 aromatic heterocycles. The van der Waals surface area contributed by atoms with Gasteiger partial charge in [0.25, 0.3) is 0 Å². The van der Waals surface area contributed by atoms with E-state index < -0.39 is 17.3 Å². The molecule has 0 aromatic rings. The van der Waals surface area contributed by atoms with E-state index in [9.17, 15) is 9.59 Å². The first-order valence-electron chi connectivity index (χ1n) is 5.45. The van der Waals surface area contributed by atoms with Crippen molar-refractivity contribution in [1.82, 2.24) is 5.32 Å². The normalized spacial score (nSPS) is 21.6. The first-order valence-corrected chi connectivity index (χ1v) is 5.45. The lowest BCUT2D eigenvalue weighted by Crippen LogP contribution is -2.63. The van der Waals surface area contributed by atoms with Crippen LogP contribution >= 0.6 is 0 Å². The monoisotopic (exact) mass is 245 g/mol. The number of ether oxygens (including phenoxy) is 3. The molecule has 1 aliphatic rings. The Hall–Kier alpha value is -1.14. The molecule has 1 heterocycles. The zero-order chi connectivity index (χ0) is 13.1. The predicted octanol–water partition coefficient (Wildman–Crippen LogP) is 0.207. The molecule has 0 saturated carbocycles. The van der Waals surface area contributed by atoms with Gasteiger partial charge in [0.05, 0.1) is 13.2 Å². The van der Waals surface area contributed by atoms with Gasteiger partial charge in [-0.05, 0) is 13.8 Å². The Morgan fingerprint density at radius 2 is 1.76 bits per heavy atom. The summed E-state index contributed by atoms with van der Waals surface area (Å²) in [4.78, 5) is 22.0. The van der Waals surface area contributed by atoms with Crippen molar-refractivity contribution in [2.75, 3.05) is 19.8 Å². The fraction of sp³-hybridized carbons (Fsp3) is 0.818. The number of rotatable bonds is 3. The van der Waals surface area contributed by atoms with Gasteiger partial charge in [-0.15, -0.1) is 0 Å². The van der Waals surface area contributed by atoms with E-state index in [1.165, 1.54) is 13.8 Å². The van der Waals surface area contributed by atoms with Crippen molar-refractivity contribution in [3.63, 3.8) is 0 Å². The largest absolute Gasteiger partial charge is 0.463 e. The van der Waals surface area contributed by atoms with Gasteiger partial charge in [-0.2, -0.15) is 0 Å². The number of amides is 1. The summed E-state index contributed by atoms with van der Waals surface area (Å²) in [6.45, 7) is 6.82. The number of esters is 1. The maximum absolute atomic E-state index is 11.2. The lowest BCUT2D eigenvalue weighted by atomic mass is 10.0. The number of carbonyl (C=O) groups is 2. The molecule has 1 fully saturated rings. The van der Waals surface area contributed by atoms with E-state index in [1.54, 1.807) is 13.8 Å². The fourth-order valence-electron chi connectivity index (χ4n) is 1.51. The summed E-state index contributed by atoms with van der Waals surface area (Å²) in [5, 5.41) is 2.72. The van der Waals surface area contributed by atoms with Crippen molar-refractivity contribution in [3.8, 4) is 0 Å². The molecule has 0 aliphatic carbocycles. The second-order valence-corrected chi connectivity index (χ2v) is 4.72. The third kappa shape index (κ3) is 4.32. The number of carbonyl (C=O) groups excluding carboxylic acids is 2. The topological polar surface area (TPSA) is 73.9 Å². The summed E-state index contributed by atoms with van der Waals surface area (Å²) >= 11 is 0. The Morgan fingerprint density at radius 3 is 2.18 bits per heavy atom. The number of hydrogen-bond donors (Lipinski definition) is 1. The van der Waals surface area contributed by atoms with Crippen LogP contribution < -0.4 is 5.32 Å². The SMILES string of the molecule is CC(=O)NC1(COC(C)=O)COC(C)(C)OC1. The number of nitrogens with one attached hydrogen (secondary N) is 1. The van der Waals surface area contributed by atoms with Gasteiger partial charge in [0, 0.05) is 13.8 Å². The third-order valence-corrected chi connectivity index (χ3v) is 2.39. The smallest absolute Gasteiger partial charge is 0.302 e. The van der Waals surface area contributed by atoms with Gasteiger partial charge in [0.1, 0.15) is 12.1 Å². The van der Waals surface area contributed by atoms with Gasteiger partial charge < -0.3 is 19.5 Å². The van der Waals surface area contributed by atoms with Crippen LogP contribution in [0.3, 0.4) is 0 Å². The molecule has 0 unspecified atom stereocenters. The minimum Gasteiger partial charge on any atom is -0.463 e. The molecule has 0 aromatic carbocycles. The molecule has 1 amide bonds. The molecular weight excluding hydrogens is 226 g/mol. The predicted molar refractivity (Wildman–Crippen MR) is 59.2 cm³/mol. The van der Waals surface area contributed by atoms with Crippen LogP contribution in [0.5, 0.6) is 0 Å². The van der Waals surface area contributed by atoms with Gasteiger partial charge in [0.2, 0.25) is 5.91 Å². The highest BCUT2D eigenvalue weighted by molar-refractivity contribution is 5.74. The Kier molecular flexibility index (Phi) is 4.11. The van der Waals surface area contributed by atoms with Crippen LogP contribution in [-0.2, 0) is 23.8 Å². The van der Waals surface area contributed by atoms with E-state index in [0.717, 1.165) is 0 Å². The first-order chi connectivity index (χ1) is 7.75. The average Bonchev–Trinajstić information content (AvgIpc) is 2.19. The fourth-order valence-corrected chi connectivity index (χ4v) is 1.51. The standard InChI is InChI=1S/C11H19NO5/c1-8(13)12-11(5-15-9(2)14)6-16-10(3,4)17-7-11/h5-7H2,1-4H3,(H,12,13). The molecule has 1 aliphatic heterocycles. The maximum atomic E-state index is 11.2. The van der Waals surface area contributed by atoms with Crippen LogP contribution in [0.2, 0.25) is 0 Å². The molecule has 1 N–H and O–H groups in total. The van der Waals surface area contributed by atoms with Crippen molar-refractivity contribution in [2.24, 2.45) is 0 Å². The third-order valence-electron chi connectivity index (χ3n) is 2.39. The lowest BCUT2D eigenvalue weighted by Gasteiger charge is -2.43. The van der Waals surface area contributed by atoms with Gasteiger partial charge in [0.15, 0.2) is 5.79 Å². The molecular formula is C11H19NO5. The van der Waals surface area contributed by atoms with E-state index in [0.29, 0.717) is 0 Å². The van der Waals surface area contributed by atoms with E-state index in [2.05, 4.69) is 5.32 Å². The van der Waals surface area contributed by atoms with Crippen molar-refractivity contribution < 1.29 is 23.8 Å². The summed E-state index contributed by atoms with van der Waals surface area (Å²) in [7, 11) is 0. The zero-order valence-electron chi connectivity index (χ0n) is 10.7. The van der Waals surface area contributed by atoms with E-state index in [4.69, 9.17) is 14.2 Å². The Bertz CT molecular complexity index is 303. The minimum absolute atomic E-state index is 0.0397. The highest BCUT2D eigenvalue weighted by atomic mass is 16.7. The van der Waals surface area contributed by atoms with Crippen LogP contribution in [0.1, 0.15) is 27.7 Å². The minimum atomic E-state index is -0.799. The molecule has 6 heteroatoms. The van der Waals surface area contributed by atoms with Crippen molar-refractivity contribution in [1.29, 1.82) is 0 Å². The van der Waals surface area contributed by atoms with Gasteiger partial charge in [-0.25, -0.2) is 0 Å². The summed E-state index contributed by atoms with van der Waals surface area (Å²) < 4.78 is 15.9. The van der Waals surface area contributed by atoms with Crippen molar-refractivity contribution in [2.45, 2.75) is 39.0 Å². The van der Waals surface area contributed by atoms with Crippen molar-refractivity contribution in [3.05, 3.63) is 0 Å². The molecule has 0 spiro atoms. The maximum Gasteiger partial charge on any atom is 0.302 e. The second kappa shape index (κ2) is 5.01. The van der Waals surface area contributed by atoms with Crippen LogP contribution in [0.15, 0.2) is 0 Å².